The largest absolute Gasteiger partial charge is 0.454 e. The van der Waals surface area contributed by atoms with Crippen LogP contribution in [-0.2, 0) is 9.47 Å². The number of ether oxygens (including phenoxy) is 2. The Bertz CT molecular complexity index is 1750. The number of hydrogen-bond donors (Lipinski definition) is 4. The van der Waals surface area contributed by atoms with Crippen LogP contribution in [0.3, 0.4) is 0 Å². The minimum atomic E-state index is -0.619. The van der Waals surface area contributed by atoms with Gasteiger partial charge in [0.25, 0.3) is 0 Å². The lowest BCUT2D eigenvalue weighted by Crippen LogP contribution is -2.40. The van der Waals surface area contributed by atoms with Crippen LogP contribution in [0.25, 0.3) is 44.8 Å². The van der Waals surface area contributed by atoms with E-state index < -0.39 is 35.5 Å². The molecule has 1 aromatic carbocycles. The summed E-state index contributed by atoms with van der Waals surface area (Å²) >= 11 is 0. The molecule has 2 atom stereocenters. The average Bonchev–Trinajstić information content (AvgIpc) is 3.70. The normalized spacial score (nSPS) is 14.2. The van der Waals surface area contributed by atoms with Crippen LogP contribution in [0.1, 0.15) is 107 Å². The second-order valence-corrected chi connectivity index (χ2v) is 16.4. The molecule has 5 aromatic rings. The first kappa shape index (κ1) is 34.6. The molecule has 0 aliphatic heterocycles. The van der Waals surface area contributed by atoms with Gasteiger partial charge in [-0.2, -0.15) is 0 Å². The summed E-state index contributed by atoms with van der Waals surface area (Å²) in [6.07, 6.45) is 2.37. The van der Waals surface area contributed by atoms with Crippen molar-refractivity contribution in [3.05, 3.63) is 48.3 Å². The van der Waals surface area contributed by atoms with Gasteiger partial charge in [-0.05, 0) is 76.6 Å². The highest BCUT2D eigenvalue weighted by atomic mass is 16.6. The van der Waals surface area contributed by atoms with Gasteiger partial charge in [-0.3, -0.25) is 0 Å². The third kappa shape index (κ3) is 8.03. The first-order chi connectivity index (χ1) is 22.1. The van der Waals surface area contributed by atoms with E-state index in [1.807, 2.05) is 107 Å². The molecule has 0 bridgehead atoms. The third-order valence-electron chi connectivity index (χ3n) is 7.48. The van der Waals surface area contributed by atoms with Gasteiger partial charge in [0.2, 0.25) is 0 Å². The van der Waals surface area contributed by atoms with Gasteiger partial charge >= 0.3 is 12.2 Å². The standard InChI is InChI=1S/C36H48N6O6/c1-33(2,3)27(41-31(43)47-35(7,8)9)29-37-17-21(39-29)25-15-19-13-24-20(14-23(19)45-25)16-26(46-24)22-18-38-30(40-22)28(34(4,5)6)42-32(44)48-36(10,11)12/h13-18,27-28H,1-12H3,(H,37,39)(H,38,40)(H,41,43)(H,42,44)/t27-,28?/m1/s1. The topological polar surface area (TPSA) is 160 Å². The van der Waals surface area contributed by atoms with Crippen molar-refractivity contribution in [2.45, 2.75) is 106 Å². The number of nitrogens with zero attached hydrogens (tertiary/aromatic N) is 2. The Morgan fingerprint density at radius 2 is 0.979 bits per heavy atom. The number of alkyl carbamates (subject to hydrolysis) is 2. The predicted octanol–water partition coefficient (Wildman–Crippen LogP) is 9.18. The molecule has 12 nitrogen and oxygen atoms in total. The van der Waals surface area contributed by atoms with Gasteiger partial charge in [0.15, 0.2) is 11.5 Å². The Labute approximate surface area is 280 Å². The molecule has 12 heteroatoms. The summed E-state index contributed by atoms with van der Waals surface area (Å²) in [6, 6.07) is 6.85. The zero-order valence-corrected chi connectivity index (χ0v) is 30.0. The summed E-state index contributed by atoms with van der Waals surface area (Å²) in [5.41, 5.74) is 0.784. The molecule has 0 saturated heterocycles. The molecule has 0 aliphatic carbocycles. The van der Waals surface area contributed by atoms with Gasteiger partial charge in [0.05, 0.1) is 24.5 Å². The Balaban J connectivity index is 1.38. The molecule has 48 heavy (non-hydrogen) atoms. The van der Waals surface area contributed by atoms with Crippen molar-refractivity contribution in [2.75, 3.05) is 0 Å². The molecule has 0 spiro atoms. The molecule has 5 rings (SSSR count). The van der Waals surface area contributed by atoms with Gasteiger partial charge < -0.3 is 38.9 Å². The fourth-order valence-corrected chi connectivity index (χ4v) is 5.30. The van der Waals surface area contributed by atoms with Crippen LogP contribution < -0.4 is 10.6 Å². The van der Waals surface area contributed by atoms with Crippen LogP contribution in [0.5, 0.6) is 0 Å². The summed E-state index contributed by atoms with van der Waals surface area (Å²) in [5, 5.41) is 7.63. The lowest BCUT2D eigenvalue weighted by molar-refractivity contribution is 0.0448. The predicted molar refractivity (Wildman–Crippen MR) is 184 cm³/mol. The number of furan rings is 2. The molecule has 4 heterocycles. The van der Waals surface area contributed by atoms with Crippen LogP contribution in [-0.4, -0.2) is 43.3 Å². The fourth-order valence-electron chi connectivity index (χ4n) is 5.30. The molecule has 0 saturated carbocycles. The Morgan fingerprint density at radius 1 is 0.625 bits per heavy atom. The van der Waals surface area contributed by atoms with E-state index in [2.05, 4.69) is 30.6 Å². The van der Waals surface area contributed by atoms with E-state index >= 15 is 0 Å². The number of fused-ring (bicyclic) bond motifs is 2. The van der Waals surface area contributed by atoms with E-state index in [0.717, 1.165) is 10.8 Å². The van der Waals surface area contributed by atoms with Gasteiger partial charge in [0.1, 0.15) is 45.4 Å². The second kappa shape index (κ2) is 12.1. The summed E-state index contributed by atoms with van der Waals surface area (Å²) in [6.45, 7) is 23.1. The van der Waals surface area contributed by atoms with Crippen LogP contribution >= 0.6 is 0 Å². The van der Waals surface area contributed by atoms with E-state index in [0.29, 0.717) is 45.7 Å². The van der Waals surface area contributed by atoms with Gasteiger partial charge in [-0.1, -0.05) is 41.5 Å². The molecule has 0 radical (unpaired) electrons. The monoisotopic (exact) mass is 660 g/mol. The SMILES string of the molecule is CC(C)(C)OC(=O)NC(c1ncc(-c2cc3cc4oc(-c5cnc([C@@H](NC(=O)OC(C)(C)C)C(C)(C)C)[nH]5)cc4cc3o2)[nH]1)C(C)(C)C. The van der Waals surface area contributed by atoms with Crippen molar-refractivity contribution < 1.29 is 27.9 Å². The maximum atomic E-state index is 12.6. The summed E-state index contributed by atoms with van der Waals surface area (Å²) in [5.74, 6) is 2.39. The number of benzene rings is 1. The molecule has 1 unspecified atom stereocenters. The van der Waals surface area contributed by atoms with Crippen LogP contribution in [0.2, 0.25) is 0 Å². The molecular formula is C36H48N6O6. The lowest BCUT2D eigenvalue weighted by Gasteiger charge is -2.31. The van der Waals surface area contributed by atoms with Gasteiger partial charge in [0, 0.05) is 10.8 Å². The zero-order chi connectivity index (χ0) is 35.4. The van der Waals surface area contributed by atoms with E-state index in [1.165, 1.54) is 0 Å². The smallest absolute Gasteiger partial charge is 0.408 e. The van der Waals surface area contributed by atoms with E-state index in [-0.39, 0.29) is 10.8 Å². The van der Waals surface area contributed by atoms with Crippen molar-refractivity contribution in [2.24, 2.45) is 10.8 Å². The van der Waals surface area contributed by atoms with Crippen LogP contribution in [0, 0.1) is 10.8 Å². The molecule has 0 fully saturated rings. The number of aromatic amines is 2. The third-order valence-corrected chi connectivity index (χ3v) is 7.48. The Kier molecular flexibility index (Phi) is 8.69. The first-order valence-electron chi connectivity index (χ1n) is 16.1. The summed E-state index contributed by atoms with van der Waals surface area (Å²) in [4.78, 5) is 41.1. The van der Waals surface area contributed by atoms with Crippen molar-refractivity contribution in [1.29, 1.82) is 0 Å². The highest BCUT2D eigenvalue weighted by Crippen LogP contribution is 2.37. The number of carbonyl (C=O) groups excluding carboxylic acids is 2. The second-order valence-electron chi connectivity index (χ2n) is 16.4. The average molecular weight is 661 g/mol. The number of nitrogens with one attached hydrogen (secondary N) is 4. The Hall–Kier alpha value is -4.74. The lowest BCUT2D eigenvalue weighted by atomic mass is 9.86. The quantitative estimate of drug-likeness (QED) is 0.140. The van der Waals surface area contributed by atoms with E-state index in [4.69, 9.17) is 18.3 Å². The number of aromatic nitrogens is 4. The number of rotatable bonds is 6. The number of amides is 2. The molecular weight excluding hydrogens is 612 g/mol. The molecule has 0 aliphatic rings. The Morgan fingerprint density at radius 3 is 1.29 bits per heavy atom. The van der Waals surface area contributed by atoms with Crippen LogP contribution in [0.4, 0.5) is 9.59 Å². The zero-order valence-electron chi connectivity index (χ0n) is 30.0. The minimum absolute atomic E-state index is 0.347. The van der Waals surface area contributed by atoms with Gasteiger partial charge in [-0.15, -0.1) is 0 Å². The van der Waals surface area contributed by atoms with Crippen LogP contribution in [0.15, 0.2) is 45.5 Å². The van der Waals surface area contributed by atoms with Crippen molar-refractivity contribution in [3.63, 3.8) is 0 Å². The number of carbonyl (C=O) groups is 2. The van der Waals surface area contributed by atoms with Crippen molar-refractivity contribution in [1.82, 2.24) is 30.6 Å². The molecule has 258 valence electrons. The molecule has 4 N–H and O–H groups in total. The van der Waals surface area contributed by atoms with Crippen molar-refractivity contribution in [3.8, 4) is 22.9 Å². The molecule has 4 aromatic heterocycles. The number of imidazole rings is 2. The maximum Gasteiger partial charge on any atom is 0.408 e. The number of H-pyrrole nitrogens is 2. The number of hydrogen-bond acceptors (Lipinski definition) is 8. The highest BCUT2D eigenvalue weighted by Gasteiger charge is 2.34. The molecule has 2 amide bonds. The fraction of sp³-hybridized carbons (Fsp3) is 0.500. The minimum Gasteiger partial charge on any atom is -0.454 e. The maximum absolute atomic E-state index is 12.6. The van der Waals surface area contributed by atoms with E-state index in [1.54, 1.807) is 12.4 Å². The van der Waals surface area contributed by atoms with Gasteiger partial charge in [-0.25, -0.2) is 19.6 Å². The summed E-state index contributed by atoms with van der Waals surface area (Å²) in [7, 11) is 0. The highest BCUT2D eigenvalue weighted by molar-refractivity contribution is 5.96. The first-order valence-corrected chi connectivity index (χ1v) is 16.1. The summed E-state index contributed by atoms with van der Waals surface area (Å²) < 4.78 is 23.5. The van der Waals surface area contributed by atoms with E-state index in [9.17, 15) is 9.59 Å². The van der Waals surface area contributed by atoms with Crippen molar-refractivity contribution >= 4 is 34.1 Å².